The van der Waals surface area contributed by atoms with Crippen LogP contribution in [0.5, 0.6) is 0 Å². The van der Waals surface area contributed by atoms with E-state index in [1.54, 1.807) is 0 Å². The fraction of sp³-hybridized carbons (Fsp3) is 0.176. The normalized spacial score (nSPS) is 11.9. The second kappa shape index (κ2) is 7.36. The zero-order chi connectivity index (χ0) is 15.1. The van der Waals surface area contributed by atoms with Crippen LogP contribution in [0.4, 0.5) is 0 Å². The van der Waals surface area contributed by atoms with Crippen molar-refractivity contribution in [2.45, 2.75) is 12.0 Å². The lowest BCUT2D eigenvalue weighted by atomic mass is 9.91. The van der Waals surface area contributed by atoms with Crippen LogP contribution in [0.3, 0.4) is 0 Å². The summed E-state index contributed by atoms with van der Waals surface area (Å²) in [6.07, 6.45) is 0.563. The smallest absolute Gasteiger partial charge is 0.317 e. The van der Waals surface area contributed by atoms with E-state index in [1.807, 2.05) is 60.7 Å². The molecular weight excluding hydrogens is 266 g/mol. The van der Waals surface area contributed by atoms with Gasteiger partial charge in [0.25, 0.3) is 0 Å². The first-order valence-corrected chi connectivity index (χ1v) is 6.69. The van der Waals surface area contributed by atoms with Crippen LogP contribution in [-0.4, -0.2) is 24.9 Å². The number of esters is 1. The van der Waals surface area contributed by atoms with Gasteiger partial charge in [0, 0.05) is 0 Å². The van der Waals surface area contributed by atoms with Crippen molar-refractivity contribution in [3.05, 3.63) is 71.8 Å². The summed E-state index contributed by atoms with van der Waals surface area (Å²) in [4.78, 5) is 22.9. The summed E-state index contributed by atoms with van der Waals surface area (Å²) < 4.78 is 5.17. The SMILES string of the molecule is N[C@H](C=O)COC(=O)C(c1ccccc1)c1ccccc1. The number of benzene rings is 2. The Balaban J connectivity index is 2.25. The molecule has 0 saturated carbocycles. The lowest BCUT2D eigenvalue weighted by molar-refractivity contribution is -0.145. The van der Waals surface area contributed by atoms with Crippen molar-refractivity contribution in [3.8, 4) is 0 Å². The highest BCUT2D eigenvalue weighted by atomic mass is 16.5. The Morgan fingerprint density at radius 2 is 1.48 bits per heavy atom. The summed E-state index contributed by atoms with van der Waals surface area (Å²) >= 11 is 0. The van der Waals surface area contributed by atoms with Crippen LogP contribution in [-0.2, 0) is 14.3 Å². The highest BCUT2D eigenvalue weighted by Crippen LogP contribution is 2.25. The quantitative estimate of drug-likeness (QED) is 0.649. The molecule has 0 aliphatic rings. The molecule has 108 valence electrons. The molecule has 2 N–H and O–H groups in total. The van der Waals surface area contributed by atoms with Crippen molar-refractivity contribution in [1.29, 1.82) is 0 Å². The number of ether oxygens (including phenoxy) is 1. The van der Waals surface area contributed by atoms with Gasteiger partial charge < -0.3 is 15.3 Å². The summed E-state index contributed by atoms with van der Waals surface area (Å²) in [6, 6.07) is 18.0. The molecule has 2 aromatic carbocycles. The molecule has 0 bridgehead atoms. The van der Waals surface area contributed by atoms with Crippen LogP contribution in [0.2, 0.25) is 0 Å². The molecule has 0 aromatic heterocycles. The van der Waals surface area contributed by atoms with E-state index in [4.69, 9.17) is 10.5 Å². The van der Waals surface area contributed by atoms with Crippen molar-refractivity contribution >= 4 is 12.3 Å². The predicted octanol–water partition coefficient (Wildman–Crippen LogP) is 1.89. The Morgan fingerprint density at radius 1 is 1.00 bits per heavy atom. The van der Waals surface area contributed by atoms with Crippen LogP contribution >= 0.6 is 0 Å². The Kier molecular flexibility index (Phi) is 5.23. The van der Waals surface area contributed by atoms with Gasteiger partial charge in [-0.05, 0) is 11.1 Å². The highest BCUT2D eigenvalue weighted by molar-refractivity contribution is 5.82. The zero-order valence-corrected chi connectivity index (χ0v) is 11.5. The zero-order valence-electron chi connectivity index (χ0n) is 11.5. The third-order valence-electron chi connectivity index (χ3n) is 3.09. The summed E-state index contributed by atoms with van der Waals surface area (Å²) in [5.41, 5.74) is 7.14. The number of carbonyl (C=O) groups excluding carboxylic acids is 2. The first kappa shape index (κ1) is 14.9. The molecule has 4 nitrogen and oxygen atoms in total. The maximum atomic E-state index is 12.4. The van der Waals surface area contributed by atoms with Crippen LogP contribution in [0.1, 0.15) is 17.0 Å². The van der Waals surface area contributed by atoms with Gasteiger partial charge in [-0.15, -0.1) is 0 Å². The van der Waals surface area contributed by atoms with Gasteiger partial charge in [-0.2, -0.15) is 0 Å². The van der Waals surface area contributed by atoms with Gasteiger partial charge >= 0.3 is 5.97 Å². The maximum absolute atomic E-state index is 12.4. The standard InChI is InChI=1S/C17H17NO3/c18-15(11-19)12-21-17(20)16(13-7-3-1-4-8-13)14-9-5-2-6-10-14/h1-11,15-16H,12,18H2/t15-/m1/s1. The molecule has 0 unspecified atom stereocenters. The Hall–Kier alpha value is -2.46. The fourth-order valence-electron chi connectivity index (χ4n) is 2.06. The molecule has 0 spiro atoms. The largest absolute Gasteiger partial charge is 0.463 e. The van der Waals surface area contributed by atoms with Crippen LogP contribution in [0.15, 0.2) is 60.7 Å². The first-order chi connectivity index (χ1) is 10.2. The van der Waals surface area contributed by atoms with E-state index in [2.05, 4.69) is 0 Å². The molecule has 0 heterocycles. The van der Waals surface area contributed by atoms with Crippen molar-refractivity contribution in [1.82, 2.24) is 0 Å². The van der Waals surface area contributed by atoms with E-state index in [1.165, 1.54) is 0 Å². The lowest BCUT2D eigenvalue weighted by Crippen LogP contribution is -2.30. The Labute approximate surface area is 123 Å². The van der Waals surface area contributed by atoms with Gasteiger partial charge in [0.1, 0.15) is 18.8 Å². The van der Waals surface area contributed by atoms with E-state index in [0.717, 1.165) is 11.1 Å². The fourth-order valence-corrected chi connectivity index (χ4v) is 2.06. The molecule has 0 saturated heterocycles. The lowest BCUT2D eigenvalue weighted by Gasteiger charge is -2.17. The van der Waals surface area contributed by atoms with Crippen LogP contribution in [0, 0.1) is 0 Å². The molecule has 2 rings (SSSR count). The van der Waals surface area contributed by atoms with Crippen molar-refractivity contribution in [2.24, 2.45) is 5.73 Å². The van der Waals surface area contributed by atoms with Crippen molar-refractivity contribution in [3.63, 3.8) is 0 Å². The van der Waals surface area contributed by atoms with Gasteiger partial charge in [-0.1, -0.05) is 60.7 Å². The molecule has 21 heavy (non-hydrogen) atoms. The summed E-state index contributed by atoms with van der Waals surface area (Å²) in [6.45, 7) is -0.113. The van der Waals surface area contributed by atoms with Gasteiger partial charge in [0.05, 0.1) is 6.04 Å². The van der Waals surface area contributed by atoms with Gasteiger partial charge in [-0.25, -0.2) is 0 Å². The number of carbonyl (C=O) groups is 2. The van der Waals surface area contributed by atoms with E-state index in [-0.39, 0.29) is 6.61 Å². The number of rotatable bonds is 6. The van der Waals surface area contributed by atoms with Gasteiger partial charge in [-0.3, -0.25) is 4.79 Å². The first-order valence-electron chi connectivity index (χ1n) is 6.69. The molecule has 0 aliphatic carbocycles. The minimum atomic E-state index is -0.791. The molecule has 2 aromatic rings. The molecule has 0 amide bonds. The second-order valence-electron chi connectivity index (χ2n) is 4.68. The average Bonchev–Trinajstić information content (AvgIpc) is 2.55. The molecule has 0 radical (unpaired) electrons. The van der Waals surface area contributed by atoms with Crippen LogP contribution < -0.4 is 5.73 Å². The van der Waals surface area contributed by atoms with E-state index in [0.29, 0.717) is 6.29 Å². The summed E-state index contributed by atoms with van der Waals surface area (Å²) in [7, 11) is 0. The number of hydrogen-bond acceptors (Lipinski definition) is 4. The molecule has 4 heteroatoms. The van der Waals surface area contributed by atoms with Gasteiger partial charge in [0.2, 0.25) is 0 Å². The topological polar surface area (TPSA) is 69.4 Å². The predicted molar refractivity (Wildman–Crippen MR) is 79.7 cm³/mol. The molecule has 1 atom stereocenters. The Morgan fingerprint density at radius 3 is 1.90 bits per heavy atom. The minimum Gasteiger partial charge on any atom is -0.463 e. The monoisotopic (exact) mass is 283 g/mol. The van der Waals surface area contributed by atoms with Gasteiger partial charge in [0.15, 0.2) is 0 Å². The molecular formula is C17H17NO3. The summed E-state index contributed by atoms with van der Waals surface area (Å²) in [5.74, 6) is -0.934. The van der Waals surface area contributed by atoms with Crippen LogP contribution in [0.25, 0.3) is 0 Å². The summed E-state index contributed by atoms with van der Waals surface area (Å²) in [5, 5.41) is 0. The number of nitrogens with two attached hydrogens (primary N) is 1. The second-order valence-corrected chi connectivity index (χ2v) is 4.68. The number of hydrogen-bond donors (Lipinski definition) is 1. The Bertz CT molecular complexity index is 544. The van der Waals surface area contributed by atoms with E-state index in [9.17, 15) is 9.59 Å². The third kappa shape index (κ3) is 4.00. The minimum absolute atomic E-state index is 0.113. The number of aldehydes is 1. The molecule has 0 aliphatic heterocycles. The van der Waals surface area contributed by atoms with E-state index >= 15 is 0 Å². The van der Waals surface area contributed by atoms with Crippen molar-refractivity contribution in [2.75, 3.05) is 6.61 Å². The average molecular weight is 283 g/mol. The maximum Gasteiger partial charge on any atom is 0.317 e. The molecule has 0 fully saturated rings. The van der Waals surface area contributed by atoms with E-state index < -0.39 is 17.9 Å². The highest BCUT2D eigenvalue weighted by Gasteiger charge is 2.24. The third-order valence-corrected chi connectivity index (χ3v) is 3.09. The van der Waals surface area contributed by atoms with Crippen molar-refractivity contribution < 1.29 is 14.3 Å².